The Labute approximate surface area is 55.8 Å². The molecule has 0 atom stereocenters. The van der Waals surface area contributed by atoms with E-state index in [0.29, 0.717) is 0 Å². The summed E-state index contributed by atoms with van der Waals surface area (Å²) in [6.07, 6.45) is 7.29. The van der Waals surface area contributed by atoms with Gasteiger partial charge in [-0.1, -0.05) is 5.16 Å². The predicted molar refractivity (Wildman–Crippen MR) is 26.3 cm³/mol. The Morgan fingerprint density at radius 1 is 1.30 bits per heavy atom. The lowest BCUT2D eigenvalue weighted by molar-refractivity contribution is 0.306. The van der Waals surface area contributed by atoms with Crippen LogP contribution in [0, 0.1) is 12.4 Å². The van der Waals surface area contributed by atoms with E-state index in [4.69, 9.17) is 0 Å². The maximum atomic E-state index is 4.17. The summed E-state index contributed by atoms with van der Waals surface area (Å²) in [6, 6.07) is 0. The fraction of sp³-hybridized carbons (Fsp3) is 0. The number of rotatable bonds is 0. The van der Waals surface area contributed by atoms with E-state index < -0.39 is 0 Å². The highest BCUT2D eigenvalue weighted by atomic mass is 16.6. The predicted octanol–water partition coefficient (Wildman–Crippen LogP) is -0.260. The molecule has 0 spiro atoms. The van der Waals surface area contributed by atoms with Crippen LogP contribution in [0.5, 0.6) is 0 Å². The minimum Gasteiger partial charge on any atom is -0.345 e. The molecule has 0 amide bonds. The van der Waals surface area contributed by atoms with E-state index in [1.807, 2.05) is 0 Å². The zero-order valence-electron chi connectivity index (χ0n) is 4.76. The first-order valence-corrected chi connectivity index (χ1v) is 2.27. The Bertz CT molecular complexity index is 154. The first kappa shape index (κ1) is 6.40. The molecule has 2 heterocycles. The van der Waals surface area contributed by atoms with Crippen molar-refractivity contribution in [3.05, 3.63) is 24.9 Å². The summed E-state index contributed by atoms with van der Waals surface area (Å²) < 4.78 is 8.19. The van der Waals surface area contributed by atoms with Gasteiger partial charge in [0.05, 0.1) is 0 Å². The second kappa shape index (κ2) is 4.19. The molecular weight excluding hydrogens is 136 g/mol. The largest absolute Gasteiger partial charge is 0.345 e. The van der Waals surface area contributed by atoms with Crippen LogP contribution in [0.1, 0.15) is 0 Å². The number of nitrogens with zero attached hydrogens (tertiary/aromatic N) is 4. The third kappa shape index (κ3) is 2.55. The highest BCUT2D eigenvalue weighted by Gasteiger charge is 1.64. The molecule has 10 heavy (non-hydrogen) atoms. The van der Waals surface area contributed by atoms with Gasteiger partial charge in [-0.3, -0.25) is 0 Å². The summed E-state index contributed by atoms with van der Waals surface area (Å²) in [4.78, 5) is 0. The molecule has 2 aromatic rings. The normalized spacial score (nSPS) is 8.00. The summed E-state index contributed by atoms with van der Waals surface area (Å²) in [6.45, 7) is 0. The Morgan fingerprint density at radius 3 is 2.50 bits per heavy atom. The molecule has 2 rings (SSSR count). The topological polar surface area (TPSA) is 77.8 Å². The second-order valence-electron chi connectivity index (χ2n) is 1.07. The smallest absolute Gasteiger partial charge is 0.158 e. The van der Waals surface area contributed by atoms with Crippen molar-refractivity contribution in [3.63, 3.8) is 0 Å². The van der Waals surface area contributed by atoms with Crippen LogP contribution in [-0.4, -0.2) is 20.7 Å². The van der Waals surface area contributed by atoms with Crippen LogP contribution >= 0.6 is 0 Å². The van der Waals surface area contributed by atoms with Gasteiger partial charge in [0.1, 0.15) is 6.20 Å². The van der Waals surface area contributed by atoms with Crippen molar-refractivity contribution in [2.24, 2.45) is 0 Å². The molecule has 0 aliphatic rings. The lowest BCUT2D eigenvalue weighted by Gasteiger charge is -1.44. The van der Waals surface area contributed by atoms with Crippen LogP contribution in [0.15, 0.2) is 21.6 Å². The van der Waals surface area contributed by atoms with Gasteiger partial charge in [0.25, 0.3) is 0 Å². The molecule has 0 saturated carbocycles. The molecule has 6 heteroatoms. The molecule has 0 aromatic carbocycles. The lowest BCUT2D eigenvalue weighted by atomic mass is 11.0. The molecule has 2 radical (unpaired) electrons. The van der Waals surface area contributed by atoms with Gasteiger partial charge in [0.2, 0.25) is 0 Å². The molecule has 6 nitrogen and oxygen atoms in total. The molecule has 0 saturated heterocycles. The fourth-order valence-corrected chi connectivity index (χ4v) is 0.236. The average molecular weight is 138 g/mol. The average Bonchev–Trinajstić information content (AvgIpc) is 2.67. The van der Waals surface area contributed by atoms with Gasteiger partial charge in [-0.25, -0.2) is 4.63 Å². The Hall–Kier alpha value is -1.72. The zero-order chi connectivity index (χ0) is 7.07. The van der Waals surface area contributed by atoms with Gasteiger partial charge < -0.3 is 4.52 Å². The molecule has 50 valence electrons. The van der Waals surface area contributed by atoms with E-state index in [-0.39, 0.29) is 0 Å². The van der Waals surface area contributed by atoms with Crippen LogP contribution in [0.2, 0.25) is 0 Å². The maximum absolute atomic E-state index is 4.17. The van der Waals surface area contributed by atoms with E-state index >= 15 is 0 Å². The van der Waals surface area contributed by atoms with Gasteiger partial charge in [0.15, 0.2) is 18.7 Å². The van der Waals surface area contributed by atoms with Crippen molar-refractivity contribution in [2.45, 2.75) is 0 Å². The van der Waals surface area contributed by atoms with Gasteiger partial charge in [-0.15, -0.1) is 5.10 Å². The molecule has 0 N–H and O–H groups in total. The minimum absolute atomic E-state index is 1.28. The Morgan fingerprint density at radius 2 is 2.30 bits per heavy atom. The summed E-state index contributed by atoms with van der Waals surface area (Å²) in [5, 5.41) is 12.5. The monoisotopic (exact) mass is 138 g/mol. The van der Waals surface area contributed by atoms with E-state index in [1.54, 1.807) is 0 Å². The highest BCUT2D eigenvalue weighted by molar-refractivity contribution is 4.47. The highest BCUT2D eigenvalue weighted by Crippen LogP contribution is 1.62. The summed E-state index contributed by atoms with van der Waals surface area (Å²) >= 11 is 0. The van der Waals surface area contributed by atoms with Crippen molar-refractivity contribution in [1.82, 2.24) is 20.7 Å². The van der Waals surface area contributed by atoms with Crippen molar-refractivity contribution < 1.29 is 9.15 Å². The maximum Gasteiger partial charge on any atom is 0.158 e. The van der Waals surface area contributed by atoms with Gasteiger partial charge >= 0.3 is 0 Å². The van der Waals surface area contributed by atoms with Gasteiger partial charge in [-0.05, 0) is 5.16 Å². The van der Waals surface area contributed by atoms with Crippen LogP contribution in [0.3, 0.4) is 0 Å². The summed E-state index contributed by atoms with van der Waals surface area (Å²) in [7, 11) is 0. The van der Waals surface area contributed by atoms with Crippen LogP contribution < -0.4 is 0 Å². The molecule has 0 aliphatic carbocycles. The van der Waals surface area contributed by atoms with E-state index in [0.717, 1.165) is 0 Å². The molecular formula is C4H2N4O2. The van der Waals surface area contributed by atoms with Gasteiger partial charge in [0, 0.05) is 5.27 Å². The lowest BCUT2D eigenvalue weighted by Crippen LogP contribution is -1.54. The van der Waals surface area contributed by atoms with Crippen LogP contribution in [0.4, 0.5) is 0 Å². The minimum atomic E-state index is 1.28. The molecule has 0 fully saturated rings. The standard InChI is InChI=1S/2C2HN2O/c1-2-5-4-3-1;1-2-4-5-3-1/h2H;1H. The zero-order valence-corrected chi connectivity index (χ0v) is 4.76. The van der Waals surface area contributed by atoms with E-state index in [2.05, 4.69) is 42.2 Å². The van der Waals surface area contributed by atoms with E-state index in [9.17, 15) is 0 Å². The van der Waals surface area contributed by atoms with Crippen molar-refractivity contribution in [2.75, 3.05) is 0 Å². The summed E-state index contributed by atoms with van der Waals surface area (Å²) in [5.74, 6) is 0. The third-order valence-electron chi connectivity index (χ3n) is 0.502. The Kier molecular flexibility index (Phi) is 2.68. The number of hydrogen-bond donors (Lipinski definition) is 0. The first-order valence-electron chi connectivity index (χ1n) is 2.27. The van der Waals surface area contributed by atoms with Gasteiger partial charge in [-0.2, -0.15) is 0 Å². The van der Waals surface area contributed by atoms with Crippen LogP contribution in [-0.2, 0) is 0 Å². The SMILES string of the molecule is [c]1cnon1.[c]1conn1. The van der Waals surface area contributed by atoms with E-state index in [1.165, 1.54) is 12.5 Å². The van der Waals surface area contributed by atoms with Crippen molar-refractivity contribution >= 4 is 0 Å². The molecule has 0 unspecified atom stereocenters. The number of aromatic nitrogens is 4. The quantitative estimate of drug-likeness (QED) is 0.499. The molecule has 2 aromatic heterocycles. The molecule has 0 bridgehead atoms. The first-order chi connectivity index (χ1) is 5.00. The second-order valence-corrected chi connectivity index (χ2v) is 1.07. The van der Waals surface area contributed by atoms with Crippen LogP contribution in [0.25, 0.3) is 0 Å². The Balaban J connectivity index is 0.0000001000. The number of hydrogen-bond acceptors (Lipinski definition) is 6. The fourth-order valence-electron chi connectivity index (χ4n) is 0.236. The third-order valence-corrected chi connectivity index (χ3v) is 0.502. The molecule has 0 aliphatic heterocycles. The van der Waals surface area contributed by atoms with Crippen molar-refractivity contribution in [3.8, 4) is 0 Å². The van der Waals surface area contributed by atoms with Crippen molar-refractivity contribution in [1.29, 1.82) is 0 Å². The summed E-state index contributed by atoms with van der Waals surface area (Å²) in [5.41, 5.74) is 0.